The predicted molar refractivity (Wildman–Crippen MR) is 150 cm³/mol. The second-order valence-electron chi connectivity index (χ2n) is 10.5. The third kappa shape index (κ3) is 6.35. The molecule has 4 rings (SSSR count). The number of nitrogens with two attached hydrogens (primary N) is 1. The van der Waals surface area contributed by atoms with Gasteiger partial charge in [0.25, 0.3) is 0 Å². The maximum atomic E-state index is 14.8. The minimum absolute atomic E-state index is 0.0104. The minimum Gasteiger partial charge on any atom is -0.486 e. The Hall–Kier alpha value is -4.14. The Morgan fingerprint density at radius 1 is 1.18 bits per heavy atom. The van der Waals surface area contributed by atoms with E-state index in [0.29, 0.717) is 28.2 Å². The number of anilines is 1. The molecular weight excluding hydrogens is 514 g/mol. The van der Waals surface area contributed by atoms with Crippen molar-refractivity contribution < 1.29 is 23.1 Å². The van der Waals surface area contributed by atoms with Crippen LogP contribution in [0.3, 0.4) is 0 Å². The Morgan fingerprint density at radius 3 is 2.55 bits per heavy atom. The Morgan fingerprint density at radius 2 is 1.90 bits per heavy atom. The lowest BCUT2D eigenvalue weighted by Gasteiger charge is -2.21. The zero-order chi connectivity index (χ0) is 29.1. The van der Waals surface area contributed by atoms with Crippen LogP contribution in [0.25, 0.3) is 11.3 Å². The van der Waals surface area contributed by atoms with E-state index in [9.17, 15) is 18.4 Å². The SMILES string of the molecule is C=C(C(=O)N(C)CCOc1c(N)ncnc1-c1cc(F)cc(CC(=O)c2ccc(C3CC3)cc2F)c1C)C(C)C. The van der Waals surface area contributed by atoms with Crippen LogP contribution in [-0.4, -0.2) is 46.8 Å². The molecule has 0 saturated heterocycles. The zero-order valence-corrected chi connectivity index (χ0v) is 23.3. The molecule has 1 aromatic heterocycles. The average molecular weight is 549 g/mol. The van der Waals surface area contributed by atoms with Gasteiger partial charge in [-0.05, 0) is 72.6 Å². The number of Topliss-reactive ketones (excluding diaryl/α,β-unsaturated/α-hetero) is 1. The first-order valence-corrected chi connectivity index (χ1v) is 13.3. The summed E-state index contributed by atoms with van der Waals surface area (Å²) in [6.45, 7) is 9.68. The number of carbonyl (C=O) groups excluding carboxylic acids is 2. The molecule has 1 heterocycles. The van der Waals surface area contributed by atoms with Crippen molar-refractivity contribution in [2.45, 2.75) is 46.0 Å². The number of benzene rings is 2. The highest BCUT2D eigenvalue weighted by Gasteiger charge is 2.26. The molecule has 40 heavy (non-hydrogen) atoms. The number of amides is 1. The van der Waals surface area contributed by atoms with Crippen molar-refractivity contribution in [3.8, 4) is 17.0 Å². The first kappa shape index (κ1) is 28.9. The van der Waals surface area contributed by atoms with Crippen molar-refractivity contribution in [3.05, 3.63) is 82.7 Å². The van der Waals surface area contributed by atoms with Crippen LogP contribution in [0, 0.1) is 24.5 Å². The monoisotopic (exact) mass is 548 g/mol. The maximum Gasteiger partial charge on any atom is 0.249 e. The summed E-state index contributed by atoms with van der Waals surface area (Å²) in [6.07, 6.45) is 3.10. The lowest BCUT2D eigenvalue weighted by molar-refractivity contribution is -0.126. The summed E-state index contributed by atoms with van der Waals surface area (Å²) in [6, 6.07) is 7.27. The van der Waals surface area contributed by atoms with E-state index >= 15 is 0 Å². The third-order valence-corrected chi connectivity index (χ3v) is 7.25. The van der Waals surface area contributed by atoms with Crippen LogP contribution < -0.4 is 10.5 Å². The maximum absolute atomic E-state index is 14.8. The molecule has 7 nitrogen and oxygen atoms in total. The molecule has 0 bridgehead atoms. The summed E-state index contributed by atoms with van der Waals surface area (Å²) in [5.74, 6) is -1.24. The molecule has 3 aromatic rings. The molecule has 0 unspecified atom stereocenters. The third-order valence-electron chi connectivity index (χ3n) is 7.25. The number of carbonyl (C=O) groups is 2. The van der Waals surface area contributed by atoms with Gasteiger partial charge in [0.15, 0.2) is 17.4 Å². The number of nitrogen functional groups attached to an aromatic ring is 1. The van der Waals surface area contributed by atoms with E-state index in [2.05, 4.69) is 16.5 Å². The van der Waals surface area contributed by atoms with Gasteiger partial charge in [-0.1, -0.05) is 26.5 Å². The summed E-state index contributed by atoms with van der Waals surface area (Å²) in [7, 11) is 1.65. The molecular formula is C31H34F2N4O3. The molecule has 1 aliphatic rings. The van der Waals surface area contributed by atoms with E-state index in [0.717, 1.165) is 18.4 Å². The van der Waals surface area contributed by atoms with E-state index in [1.165, 1.54) is 35.5 Å². The molecule has 2 aromatic carbocycles. The fourth-order valence-electron chi connectivity index (χ4n) is 4.46. The van der Waals surface area contributed by atoms with Gasteiger partial charge in [0.05, 0.1) is 12.1 Å². The molecule has 1 fully saturated rings. The predicted octanol–water partition coefficient (Wildman–Crippen LogP) is 5.66. The molecule has 0 atom stereocenters. The summed E-state index contributed by atoms with van der Waals surface area (Å²) >= 11 is 0. The van der Waals surface area contributed by atoms with Gasteiger partial charge in [-0.25, -0.2) is 18.7 Å². The second-order valence-corrected chi connectivity index (χ2v) is 10.5. The van der Waals surface area contributed by atoms with Crippen LogP contribution in [0.1, 0.15) is 59.7 Å². The van der Waals surface area contributed by atoms with Gasteiger partial charge >= 0.3 is 0 Å². The number of rotatable bonds is 11. The van der Waals surface area contributed by atoms with Crippen molar-refractivity contribution in [2.24, 2.45) is 5.92 Å². The lowest BCUT2D eigenvalue weighted by Crippen LogP contribution is -2.33. The molecule has 1 saturated carbocycles. The average Bonchev–Trinajstić information content (AvgIpc) is 3.76. The topological polar surface area (TPSA) is 98.4 Å². The van der Waals surface area contributed by atoms with Crippen molar-refractivity contribution in [2.75, 3.05) is 25.9 Å². The highest BCUT2D eigenvalue weighted by molar-refractivity contribution is 5.98. The first-order chi connectivity index (χ1) is 19.0. The Bertz CT molecular complexity index is 1470. The van der Waals surface area contributed by atoms with Gasteiger partial charge in [0, 0.05) is 24.6 Å². The lowest BCUT2D eigenvalue weighted by atomic mass is 9.93. The summed E-state index contributed by atoms with van der Waals surface area (Å²) < 4.78 is 35.5. The van der Waals surface area contributed by atoms with Crippen molar-refractivity contribution >= 4 is 17.5 Å². The van der Waals surface area contributed by atoms with Gasteiger partial charge in [-0.15, -0.1) is 0 Å². The highest BCUT2D eigenvalue weighted by atomic mass is 19.1. The van der Waals surface area contributed by atoms with Crippen molar-refractivity contribution in [1.82, 2.24) is 14.9 Å². The number of ketones is 1. The van der Waals surface area contributed by atoms with E-state index in [4.69, 9.17) is 10.5 Å². The standard InChI is InChI=1S/C31H34F2N4O3/c1-17(2)18(3)31(39)37(5)10-11-40-29-28(35-16-36-30(29)34)25-15-23(32)12-22(19(25)4)14-27(38)24-9-8-21(13-26(24)33)20-6-7-20/h8-9,12-13,15-17,20H,3,6-7,10-11,14H2,1-2,4-5H3,(H2,34,35,36). The Labute approximate surface area is 233 Å². The molecule has 1 amide bonds. The highest BCUT2D eigenvalue weighted by Crippen LogP contribution is 2.40. The van der Waals surface area contributed by atoms with Crippen LogP contribution in [-0.2, 0) is 11.2 Å². The van der Waals surface area contributed by atoms with E-state index < -0.39 is 17.4 Å². The van der Waals surface area contributed by atoms with Gasteiger partial charge in [0.2, 0.25) is 5.91 Å². The fraction of sp³-hybridized carbons (Fsp3) is 0.355. The molecule has 0 radical (unpaired) electrons. The summed E-state index contributed by atoms with van der Waals surface area (Å²) in [4.78, 5) is 35.3. The number of halogens is 2. The smallest absolute Gasteiger partial charge is 0.249 e. The van der Waals surface area contributed by atoms with E-state index in [1.807, 2.05) is 13.8 Å². The van der Waals surface area contributed by atoms with Crippen molar-refractivity contribution in [1.29, 1.82) is 0 Å². The largest absolute Gasteiger partial charge is 0.486 e. The van der Waals surface area contributed by atoms with Crippen molar-refractivity contribution in [3.63, 3.8) is 0 Å². The molecule has 0 aliphatic heterocycles. The number of nitrogens with zero attached hydrogens (tertiary/aromatic N) is 3. The molecule has 210 valence electrons. The normalized spacial score (nSPS) is 12.9. The van der Waals surface area contributed by atoms with Crippen LogP contribution in [0.15, 0.2) is 48.8 Å². The fourth-order valence-corrected chi connectivity index (χ4v) is 4.46. The van der Waals surface area contributed by atoms with Gasteiger partial charge < -0.3 is 15.4 Å². The Kier molecular flexibility index (Phi) is 8.61. The summed E-state index contributed by atoms with van der Waals surface area (Å²) in [5, 5.41) is 0. The van der Waals surface area contributed by atoms with Crippen LogP contribution in [0.2, 0.25) is 0 Å². The summed E-state index contributed by atoms with van der Waals surface area (Å²) in [5.41, 5.74) is 9.05. The molecule has 1 aliphatic carbocycles. The van der Waals surface area contributed by atoms with Crippen LogP contribution in [0.4, 0.5) is 14.6 Å². The van der Waals surface area contributed by atoms with E-state index in [-0.39, 0.29) is 54.2 Å². The zero-order valence-electron chi connectivity index (χ0n) is 23.3. The van der Waals surface area contributed by atoms with Gasteiger partial charge in [-0.2, -0.15) is 0 Å². The Balaban J connectivity index is 1.56. The number of ether oxygens (including phenoxy) is 1. The molecule has 2 N–H and O–H groups in total. The van der Waals surface area contributed by atoms with Crippen LogP contribution >= 0.6 is 0 Å². The second kappa shape index (κ2) is 11.9. The molecule has 0 spiro atoms. The molecule has 9 heteroatoms. The van der Waals surface area contributed by atoms with Gasteiger partial charge in [-0.3, -0.25) is 9.59 Å². The quantitative estimate of drug-likeness (QED) is 0.245. The minimum atomic E-state index is -0.589. The van der Waals surface area contributed by atoms with Crippen LogP contribution in [0.5, 0.6) is 5.75 Å². The number of aromatic nitrogens is 2. The van der Waals surface area contributed by atoms with E-state index in [1.54, 1.807) is 20.0 Å². The number of likely N-dealkylation sites (N-methyl/N-ethyl adjacent to an activating group) is 1. The number of hydrogen-bond acceptors (Lipinski definition) is 6. The van der Waals surface area contributed by atoms with Gasteiger partial charge in [0.1, 0.15) is 30.3 Å². The number of hydrogen-bond donors (Lipinski definition) is 1. The first-order valence-electron chi connectivity index (χ1n) is 13.3.